The molecule has 1 saturated heterocycles. The van der Waals surface area contributed by atoms with E-state index in [4.69, 9.17) is 29.0 Å². The van der Waals surface area contributed by atoms with Crippen molar-refractivity contribution in [3.63, 3.8) is 0 Å². The predicted octanol–water partition coefficient (Wildman–Crippen LogP) is 8.92. The van der Waals surface area contributed by atoms with Gasteiger partial charge in [-0.2, -0.15) is 19.6 Å². The molecule has 6 fully saturated rings. The first-order chi connectivity index (χ1) is 28.2. The molecular formula is C47H62N2O10. The normalized spacial score (nSPS) is 39.2. The van der Waals surface area contributed by atoms with Crippen LogP contribution in [0.15, 0.2) is 60.7 Å². The highest BCUT2D eigenvalue weighted by Gasteiger charge is 2.69. The molecule has 320 valence electrons. The highest BCUT2D eigenvalue weighted by Crippen LogP contribution is 2.70. The van der Waals surface area contributed by atoms with E-state index in [1.807, 2.05) is 60.7 Å². The summed E-state index contributed by atoms with van der Waals surface area (Å²) in [6, 6.07) is 19.0. The van der Waals surface area contributed by atoms with Crippen molar-refractivity contribution in [3.05, 3.63) is 60.7 Å². The molecule has 1 aliphatic heterocycles. The number of rotatable bonds is 9. The van der Waals surface area contributed by atoms with Crippen LogP contribution in [0.4, 0.5) is 11.4 Å². The molecule has 12 nitrogen and oxygen atoms in total. The van der Waals surface area contributed by atoms with Crippen molar-refractivity contribution in [1.82, 2.24) is 0 Å². The van der Waals surface area contributed by atoms with Crippen LogP contribution in [-0.4, -0.2) is 47.5 Å². The molecule has 5 saturated carbocycles. The van der Waals surface area contributed by atoms with Crippen molar-refractivity contribution in [2.75, 3.05) is 10.6 Å². The Morgan fingerprint density at radius 2 is 1.34 bits per heavy atom. The highest BCUT2D eigenvalue weighted by molar-refractivity contribution is 5.92. The number of anilines is 2. The lowest BCUT2D eigenvalue weighted by Gasteiger charge is -2.65. The smallest absolute Gasteiger partial charge is 0.302 e. The number of esters is 2. The van der Waals surface area contributed by atoms with Crippen molar-refractivity contribution in [2.24, 2.45) is 52.3 Å². The maximum Gasteiger partial charge on any atom is 0.302 e. The first kappa shape index (κ1) is 41.9. The topological polar surface area (TPSA) is 148 Å². The number of carbonyl (C=O) groups excluding carboxylic acids is 4. The number of fused-ring (bicyclic) bond motifs is 5. The lowest BCUT2D eigenvalue weighted by molar-refractivity contribution is -0.665. The molecule has 6 aliphatic rings. The molecule has 59 heavy (non-hydrogen) atoms. The average molecular weight is 815 g/mol. The number of carbonyl (C=O) groups is 4. The van der Waals surface area contributed by atoms with Crippen LogP contribution >= 0.6 is 0 Å². The van der Waals surface area contributed by atoms with Crippen LogP contribution in [-0.2, 0) is 48.2 Å². The molecule has 12 heteroatoms. The Bertz CT molecular complexity index is 1840. The van der Waals surface area contributed by atoms with E-state index in [-0.39, 0.29) is 88.2 Å². The third-order valence-corrected chi connectivity index (χ3v) is 15.9. The second kappa shape index (κ2) is 16.6. The maximum absolute atomic E-state index is 13.0. The number of hydrogen-bond donors (Lipinski definition) is 2. The van der Waals surface area contributed by atoms with Gasteiger partial charge in [0.1, 0.15) is 12.2 Å². The van der Waals surface area contributed by atoms with Gasteiger partial charge in [0.25, 0.3) is 0 Å². The number of benzene rings is 2. The Kier molecular flexibility index (Phi) is 11.7. The monoisotopic (exact) mass is 814 g/mol. The Morgan fingerprint density at radius 3 is 1.97 bits per heavy atom. The molecule has 4 unspecified atom stereocenters. The van der Waals surface area contributed by atoms with Gasteiger partial charge in [-0.15, -0.1) is 0 Å². The van der Waals surface area contributed by atoms with E-state index in [2.05, 4.69) is 31.4 Å². The zero-order valence-corrected chi connectivity index (χ0v) is 35.2. The summed E-state index contributed by atoms with van der Waals surface area (Å²) in [4.78, 5) is 76.5. The van der Waals surface area contributed by atoms with Gasteiger partial charge in [0.2, 0.25) is 23.4 Å². The van der Waals surface area contributed by atoms with Crippen molar-refractivity contribution < 1.29 is 48.2 Å². The first-order valence-electron chi connectivity index (χ1n) is 22.0. The quantitative estimate of drug-likeness (QED) is 0.186. The summed E-state index contributed by atoms with van der Waals surface area (Å²) in [6.07, 6.45) is 7.54. The van der Waals surface area contributed by atoms with E-state index in [0.29, 0.717) is 57.8 Å². The summed E-state index contributed by atoms with van der Waals surface area (Å²) in [5, 5.41) is 6.04. The Morgan fingerprint density at radius 1 is 0.729 bits per heavy atom. The Labute approximate surface area is 348 Å². The predicted molar refractivity (Wildman–Crippen MR) is 217 cm³/mol. The third kappa shape index (κ3) is 8.19. The fraction of sp³-hybridized carbons (Fsp3) is 0.660. The lowest BCUT2D eigenvalue weighted by Crippen LogP contribution is -2.65. The zero-order chi connectivity index (χ0) is 41.6. The van der Waals surface area contributed by atoms with Crippen LogP contribution in [0, 0.1) is 52.3 Å². The molecule has 2 N–H and O–H groups in total. The molecule has 8 rings (SSSR count). The van der Waals surface area contributed by atoms with Crippen LogP contribution in [0.2, 0.25) is 0 Å². The number of hydrogen-bond acceptors (Lipinski definition) is 10. The Balaban J connectivity index is 0.954. The van der Waals surface area contributed by atoms with Gasteiger partial charge in [0, 0.05) is 74.6 Å². The van der Waals surface area contributed by atoms with Gasteiger partial charge in [-0.25, -0.2) is 0 Å². The summed E-state index contributed by atoms with van der Waals surface area (Å²) in [6.45, 7) is 9.88. The van der Waals surface area contributed by atoms with Crippen LogP contribution in [0.5, 0.6) is 0 Å². The number of para-hydroxylation sites is 2. The highest BCUT2D eigenvalue weighted by atomic mass is 17.4. The van der Waals surface area contributed by atoms with Gasteiger partial charge in [-0.1, -0.05) is 57.2 Å². The standard InChI is InChI=1S/C47H62N2O10/c1-29(16-19-41(52)48-34-12-8-6-9-13-34)36-17-18-37-42-38(27-40(45(36,37)5)55-31(3)51)44(4)24-25-47(28-33(44)26-39(42)54-30(2)50)58-56-46(57-59-47)22-20-32(21-23-46)43(53)49-35-14-10-7-11-15-35/h6-15,29,32-33,36-40,42H,16-28H2,1-5H3,(H,48,52)(H,49,53)/t29?,32?,33-,36-,37?,38?,39-,40+,42?,44+,45-,46?,47?/m1/s1. The minimum Gasteiger partial charge on any atom is -0.462 e. The average Bonchev–Trinajstić information content (AvgIpc) is 3.58. The van der Waals surface area contributed by atoms with Crippen molar-refractivity contribution in [1.29, 1.82) is 0 Å². The van der Waals surface area contributed by atoms with Crippen LogP contribution < -0.4 is 10.6 Å². The largest absolute Gasteiger partial charge is 0.462 e. The Hall–Kier alpha value is -3.84. The summed E-state index contributed by atoms with van der Waals surface area (Å²) in [5.41, 5.74) is 1.02. The van der Waals surface area contributed by atoms with Crippen LogP contribution in [0.1, 0.15) is 118 Å². The molecule has 2 spiro atoms. The molecule has 2 aromatic carbocycles. The molecule has 0 radical (unpaired) electrons. The fourth-order valence-corrected chi connectivity index (χ4v) is 12.8. The lowest BCUT2D eigenvalue weighted by atomic mass is 9.42. The van der Waals surface area contributed by atoms with E-state index < -0.39 is 11.6 Å². The fourth-order valence-electron chi connectivity index (χ4n) is 12.8. The molecule has 5 aliphatic carbocycles. The van der Waals surface area contributed by atoms with Gasteiger partial charge in [0.05, 0.1) is 0 Å². The molecular weight excluding hydrogens is 753 g/mol. The number of nitrogens with one attached hydrogen (secondary N) is 2. The van der Waals surface area contributed by atoms with Gasteiger partial charge < -0.3 is 20.1 Å². The van der Waals surface area contributed by atoms with Crippen LogP contribution in [0.25, 0.3) is 0 Å². The van der Waals surface area contributed by atoms with E-state index in [0.717, 1.165) is 37.1 Å². The first-order valence-corrected chi connectivity index (χ1v) is 22.0. The summed E-state index contributed by atoms with van der Waals surface area (Å²) in [7, 11) is 0. The molecule has 2 amide bonds. The SMILES string of the molecule is CC(=O)O[C@H]1CC2C(C3CC[C@H](C(C)CCC(=O)Nc4ccccc4)[C@]31C)[C@H](OC(C)=O)C[C@@H]1CC3(CC[C@]21C)OOC1(CCC(C(=O)Nc2ccccc2)CC1)OO3. The third-order valence-electron chi connectivity index (χ3n) is 15.9. The second-order valence-electron chi connectivity index (χ2n) is 19.2. The summed E-state index contributed by atoms with van der Waals surface area (Å²) in [5.74, 6) is -2.16. The van der Waals surface area contributed by atoms with Crippen molar-refractivity contribution >= 4 is 35.1 Å². The van der Waals surface area contributed by atoms with Gasteiger partial charge in [-0.05, 0) is 111 Å². The second-order valence-corrected chi connectivity index (χ2v) is 19.2. The number of amides is 2. The van der Waals surface area contributed by atoms with Crippen molar-refractivity contribution in [3.8, 4) is 0 Å². The van der Waals surface area contributed by atoms with Crippen LogP contribution in [0.3, 0.4) is 0 Å². The minimum atomic E-state index is -1.12. The van der Waals surface area contributed by atoms with E-state index in [1.54, 1.807) is 0 Å². The maximum atomic E-state index is 13.0. The minimum absolute atomic E-state index is 0.00733. The molecule has 2 aromatic rings. The number of ether oxygens (including phenoxy) is 2. The van der Waals surface area contributed by atoms with E-state index in [9.17, 15) is 19.2 Å². The zero-order valence-electron chi connectivity index (χ0n) is 35.2. The molecule has 0 bridgehead atoms. The summed E-state index contributed by atoms with van der Waals surface area (Å²) >= 11 is 0. The molecule has 1 heterocycles. The van der Waals surface area contributed by atoms with Gasteiger partial charge in [-0.3, -0.25) is 19.2 Å². The molecule has 10 atom stereocenters. The van der Waals surface area contributed by atoms with E-state index >= 15 is 0 Å². The van der Waals surface area contributed by atoms with Gasteiger partial charge in [0.15, 0.2) is 0 Å². The molecule has 0 aromatic heterocycles. The van der Waals surface area contributed by atoms with Crippen molar-refractivity contribution in [2.45, 2.75) is 142 Å². The van der Waals surface area contributed by atoms with E-state index in [1.165, 1.54) is 13.8 Å². The van der Waals surface area contributed by atoms with Gasteiger partial charge >= 0.3 is 11.9 Å². The summed E-state index contributed by atoms with van der Waals surface area (Å²) < 4.78 is 12.7.